The molecule has 48 heavy (non-hydrogen) atoms. The third-order valence-electron chi connectivity index (χ3n) is 10.6. The third kappa shape index (κ3) is 8.31. The number of fused-ring (bicyclic) bond motifs is 4. The molecular weight excluding hydrogens is 767 g/mol. The van der Waals surface area contributed by atoms with Gasteiger partial charge in [-0.2, -0.15) is 0 Å². The molecule has 1 heterocycles. The summed E-state index contributed by atoms with van der Waals surface area (Å²) in [6.45, 7) is 24.5. The van der Waals surface area contributed by atoms with Crippen LogP contribution in [0, 0.1) is 17.9 Å². The smallest absolute Gasteiger partial charge is 0.162 e. The number of hydrogen-bond acceptors (Lipinski definition) is 3. The molecule has 3 aromatic carbocycles. The van der Waals surface area contributed by atoms with E-state index in [-0.39, 0.29) is 59.7 Å². The van der Waals surface area contributed by atoms with Gasteiger partial charge in [-0.3, -0.25) is 9.78 Å². The van der Waals surface area contributed by atoms with E-state index < -0.39 is 0 Å². The molecule has 0 bridgehead atoms. The number of allylic oxidation sites excluding steroid dienone is 2. The Balaban J connectivity index is 0.000000334. The normalized spacial score (nSPS) is 15.6. The van der Waals surface area contributed by atoms with Crippen molar-refractivity contribution in [2.45, 2.75) is 131 Å². The van der Waals surface area contributed by atoms with Gasteiger partial charge in [-0.1, -0.05) is 117 Å². The number of aliphatic hydroxyl groups is 1. The van der Waals surface area contributed by atoms with E-state index in [9.17, 15) is 9.90 Å². The second-order valence-electron chi connectivity index (χ2n) is 15.9. The van der Waals surface area contributed by atoms with Gasteiger partial charge in [-0.05, 0) is 82.7 Å². The summed E-state index contributed by atoms with van der Waals surface area (Å²) in [4.78, 5) is 16.6. The second-order valence-corrected chi connectivity index (χ2v) is 15.9. The van der Waals surface area contributed by atoms with E-state index in [1.165, 1.54) is 51.8 Å². The first-order valence-corrected chi connectivity index (χ1v) is 17.9. The van der Waals surface area contributed by atoms with Gasteiger partial charge in [0.1, 0.15) is 0 Å². The molecular formula is C44H58IrNO2-. The average Bonchev–Trinajstić information content (AvgIpc) is 3.03. The van der Waals surface area contributed by atoms with Crippen LogP contribution in [-0.2, 0) is 41.1 Å². The van der Waals surface area contributed by atoms with E-state index >= 15 is 0 Å². The third-order valence-corrected chi connectivity index (χ3v) is 10.6. The zero-order chi connectivity index (χ0) is 34.7. The van der Waals surface area contributed by atoms with Crippen LogP contribution in [-0.4, -0.2) is 15.9 Å². The van der Waals surface area contributed by atoms with Crippen molar-refractivity contribution in [1.82, 2.24) is 4.98 Å². The molecule has 1 aromatic heterocycles. The fourth-order valence-electron chi connectivity index (χ4n) is 7.41. The molecule has 0 unspecified atom stereocenters. The van der Waals surface area contributed by atoms with Crippen LogP contribution in [0.2, 0.25) is 0 Å². The molecule has 0 amide bonds. The first-order valence-electron chi connectivity index (χ1n) is 17.9. The van der Waals surface area contributed by atoms with Crippen molar-refractivity contribution in [3.05, 3.63) is 89.3 Å². The van der Waals surface area contributed by atoms with Gasteiger partial charge >= 0.3 is 0 Å². The van der Waals surface area contributed by atoms with E-state index in [4.69, 9.17) is 4.98 Å². The quantitative estimate of drug-likeness (QED) is 0.109. The van der Waals surface area contributed by atoms with Crippen molar-refractivity contribution in [3.8, 4) is 11.3 Å². The van der Waals surface area contributed by atoms with Crippen LogP contribution in [0.15, 0.2) is 66.6 Å². The molecule has 5 rings (SSSR count). The number of ketones is 1. The van der Waals surface area contributed by atoms with Gasteiger partial charge in [0, 0.05) is 49.9 Å². The van der Waals surface area contributed by atoms with E-state index in [1.807, 2.05) is 33.9 Å². The minimum atomic E-state index is 0. The Morgan fingerprint density at radius 3 is 2.06 bits per heavy atom. The van der Waals surface area contributed by atoms with Gasteiger partial charge in [-0.15, -0.1) is 29.1 Å². The molecule has 1 aliphatic carbocycles. The van der Waals surface area contributed by atoms with Crippen molar-refractivity contribution in [2.24, 2.45) is 11.8 Å². The second kappa shape index (κ2) is 15.8. The van der Waals surface area contributed by atoms with Crippen molar-refractivity contribution in [3.63, 3.8) is 0 Å². The monoisotopic (exact) mass is 825 g/mol. The zero-order valence-electron chi connectivity index (χ0n) is 31.3. The largest absolute Gasteiger partial charge is 0.512 e. The van der Waals surface area contributed by atoms with Crippen molar-refractivity contribution >= 4 is 27.3 Å². The molecule has 261 valence electrons. The Kier molecular flexibility index (Phi) is 13.1. The van der Waals surface area contributed by atoms with Gasteiger partial charge < -0.3 is 5.11 Å². The first kappa shape index (κ1) is 39.6. The molecule has 3 nitrogen and oxygen atoms in total. The molecule has 0 saturated carbocycles. The molecule has 1 N–H and O–H groups in total. The predicted molar refractivity (Wildman–Crippen MR) is 201 cm³/mol. The zero-order valence-corrected chi connectivity index (χ0v) is 33.7. The Morgan fingerprint density at radius 1 is 0.854 bits per heavy atom. The maximum Gasteiger partial charge on any atom is 0.162 e. The number of hydrogen-bond donors (Lipinski definition) is 1. The number of aliphatic hydroxyl groups excluding tert-OH is 1. The van der Waals surface area contributed by atoms with Crippen LogP contribution >= 0.6 is 0 Å². The van der Waals surface area contributed by atoms with Crippen LogP contribution < -0.4 is 0 Å². The summed E-state index contributed by atoms with van der Waals surface area (Å²) < 4.78 is 0. The van der Waals surface area contributed by atoms with Crippen LogP contribution in [0.1, 0.15) is 131 Å². The minimum Gasteiger partial charge on any atom is -0.512 e. The van der Waals surface area contributed by atoms with Crippen LogP contribution in [0.25, 0.3) is 32.8 Å². The number of carbonyl (C=O) groups excluding carboxylic acids is 1. The molecule has 4 aromatic rings. The van der Waals surface area contributed by atoms with Crippen molar-refractivity contribution < 1.29 is 30.0 Å². The number of pyridine rings is 1. The fraction of sp³-hybridized carbons (Fsp3) is 0.500. The van der Waals surface area contributed by atoms with Crippen LogP contribution in [0.3, 0.4) is 0 Å². The van der Waals surface area contributed by atoms with Gasteiger partial charge in [0.05, 0.1) is 5.76 Å². The molecule has 0 atom stereocenters. The Bertz CT molecular complexity index is 1750. The fourth-order valence-corrected chi connectivity index (χ4v) is 7.41. The molecule has 1 radical (unpaired) electrons. The average molecular weight is 825 g/mol. The Labute approximate surface area is 304 Å². The van der Waals surface area contributed by atoms with Crippen molar-refractivity contribution in [2.75, 3.05) is 0 Å². The molecule has 0 fully saturated rings. The summed E-state index contributed by atoms with van der Waals surface area (Å²) in [5.74, 6) is 0.547. The molecule has 0 aliphatic heterocycles. The Hall–Kier alpha value is -2.81. The van der Waals surface area contributed by atoms with Crippen LogP contribution in [0.4, 0.5) is 0 Å². The number of aromatic nitrogens is 1. The van der Waals surface area contributed by atoms with Gasteiger partial charge in [0.25, 0.3) is 0 Å². The number of carbonyl (C=O) groups is 1. The summed E-state index contributed by atoms with van der Waals surface area (Å²) in [6, 6.07) is 21.5. The first-order chi connectivity index (χ1) is 22.1. The van der Waals surface area contributed by atoms with Crippen LogP contribution in [0.5, 0.6) is 0 Å². The number of benzene rings is 3. The molecule has 4 heteroatoms. The summed E-state index contributed by atoms with van der Waals surface area (Å²) in [6.07, 6.45) is 9.34. The van der Waals surface area contributed by atoms with E-state index in [0.717, 1.165) is 42.3 Å². The van der Waals surface area contributed by atoms with Gasteiger partial charge in [0.15, 0.2) is 5.78 Å². The minimum absolute atomic E-state index is 0. The van der Waals surface area contributed by atoms with E-state index in [1.54, 1.807) is 0 Å². The summed E-state index contributed by atoms with van der Waals surface area (Å²) >= 11 is 0. The number of nitrogens with zero attached hydrogens (tertiary/aromatic N) is 1. The van der Waals surface area contributed by atoms with E-state index in [0.29, 0.717) is 0 Å². The Morgan fingerprint density at radius 2 is 1.46 bits per heavy atom. The van der Waals surface area contributed by atoms with Gasteiger partial charge in [0.2, 0.25) is 0 Å². The molecule has 0 spiro atoms. The van der Waals surface area contributed by atoms with E-state index in [2.05, 4.69) is 103 Å². The topological polar surface area (TPSA) is 50.2 Å². The molecule has 0 saturated heterocycles. The molecule has 1 aliphatic rings. The summed E-state index contributed by atoms with van der Waals surface area (Å²) in [7, 11) is 0. The number of rotatable bonds is 8. The van der Waals surface area contributed by atoms with Gasteiger partial charge in [-0.25, -0.2) is 0 Å². The SMILES string of the molecule is CC(C)(C)c1cc(-c2nccc3c4c(ccc23)C(C)(C)CCC4(C)C)[c-]c2ccccc12.CCC(CC)C(=O)/C=C(\O)C(CC)CC.[Ir]. The maximum absolute atomic E-state index is 11.7. The predicted octanol–water partition coefficient (Wildman–Crippen LogP) is 12.4. The maximum atomic E-state index is 11.7. The summed E-state index contributed by atoms with van der Waals surface area (Å²) in [5, 5.41) is 14.8. The summed E-state index contributed by atoms with van der Waals surface area (Å²) in [5.41, 5.74) is 6.89. The van der Waals surface area contributed by atoms with Crippen molar-refractivity contribution in [1.29, 1.82) is 0 Å². The standard InChI is InChI=1S/C31H34N.C13H24O2.Ir/c1-29(2,3)26-19-21(18-20-10-8-9-11-22(20)26)28-24-12-13-25-27(23(24)14-17-32-28)31(6,7)16-15-30(25,4)5;1-5-10(6-2)12(14)9-13(15)11(7-3)8-4;/h8-14,17,19H,15-16H2,1-7H3;9-11,14H,5-8H2,1-4H3;/q-1;;/b;12-9-;.